The van der Waals surface area contributed by atoms with E-state index in [1.807, 2.05) is 17.4 Å². The van der Waals surface area contributed by atoms with Crippen LogP contribution in [0.5, 0.6) is 0 Å². The standard InChI is InChI=1S/C9H12BNO2/c1-10-11-5-7(9(12)13)4-8(11)6-2-3-6/h4-6,10H,2-3H2,1H3,(H,12,13). The highest BCUT2D eigenvalue weighted by Crippen LogP contribution is 2.40. The maximum absolute atomic E-state index is 10.7. The Balaban J connectivity index is 2.36. The highest BCUT2D eigenvalue weighted by atomic mass is 16.4. The van der Waals surface area contributed by atoms with Gasteiger partial charge in [0.1, 0.15) is 0 Å². The van der Waals surface area contributed by atoms with Gasteiger partial charge in [-0.25, -0.2) is 4.79 Å². The number of carboxylic acid groups (broad SMARTS) is 1. The Labute approximate surface area is 77.6 Å². The van der Waals surface area contributed by atoms with Crippen LogP contribution in [0.1, 0.15) is 34.8 Å². The molecule has 0 unspecified atom stereocenters. The number of carboxylic acids is 1. The van der Waals surface area contributed by atoms with Gasteiger partial charge in [-0.3, -0.25) is 0 Å². The topological polar surface area (TPSA) is 42.2 Å². The van der Waals surface area contributed by atoms with Crippen molar-refractivity contribution >= 4 is 13.4 Å². The zero-order valence-electron chi connectivity index (χ0n) is 7.66. The van der Waals surface area contributed by atoms with E-state index in [-0.39, 0.29) is 0 Å². The summed E-state index contributed by atoms with van der Waals surface area (Å²) in [6, 6.07) is 1.81. The SMILES string of the molecule is CBn1cc(C(=O)O)cc1C1CC1. The summed E-state index contributed by atoms with van der Waals surface area (Å²) in [7, 11) is 0.860. The lowest BCUT2D eigenvalue weighted by molar-refractivity contribution is 0.0697. The Bertz CT molecular complexity index is 341. The highest BCUT2D eigenvalue weighted by molar-refractivity contribution is 6.32. The van der Waals surface area contributed by atoms with Crippen LogP contribution in [-0.2, 0) is 0 Å². The molecule has 1 saturated carbocycles. The second-order valence-electron chi connectivity index (χ2n) is 3.52. The maximum atomic E-state index is 10.7. The summed E-state index contributed by atoms with van der Waals surface area (Å²) in [5, 5.41) is 8.81. The van der Waals surface area contributed by atoms with Crippen LogP contribution in [0, 0.1) is 0 Å². The van der Waals surface area contributed by atoms with Gasteiger partial charge in [0, 0.05) is 11.9 Å². The number of hydrogen-bond acceptors (Lipinski definition) is 1. The van der Waals surface area contributed by atoms with E-state index in [0.29, 0.717) is 11.5 Å². The third kappa shape index (κ3) is 1.48. The number of carbonyl (C=O) groups is 1. The van der Waals surface area contributed by atoms with Gasteiger partial charge in [-0.2, -0.15) is 0 Å². The minimum absolute atomic E-state index is 0.420. The van der Waals surface area contributed by atoms with Gasteiger partial charge in [-0.15, -0.1) is 0 Å². The van der Waals surface area contributed by atoms with Crippen LogP contribution in [0.3, 0.4) is 0 Å². The Hall–Kier alpha value is -1.19. The molecule has 13 heavy (non-hydrogen) atoms. The summed E-state index contributed by atoms with van der Waals surface area (Å²) < 4.78 is 2.04. The van der Waals surface area contributed by atoms with E-state index in [0.717, 1.165) is 7.41 Å². The molecule has 1 aromatic rings. The second-order valence-corrected chi connectivity index (χ2v) is 3.52. The molecule has 1 aliphatic carbocycles. The van der Waals surface area contributed by atoms with Crippen LogP contribution in [-0.4, -0.2) is 23.0 Å². The van der Waals surface area contributed by atoms with Crippen molar-refractivity contribution in [3.05, 3.63) is 23.5 Å². The fraction of sp³-hybridized carbons (Fsp3) is 0.444. The molecular formula is C9H12BNO2. The molecule has 3 nitrogen and oxygen atoms in total. The summed E-state index contributed by atoms with van der Waals surface area (Å²) in [5.74, 6) is -0.206. The first-order valence-electron chi connectivity index (χ1n) is 4.65. The summed E-state index contributed by atoms with van der Waals surface area (Å²) >= 11 is 0. The molecular weight excluding hydrogens is 165 g/mol. The van der Waals surface area contributed by atoms with Gasteiger partial charge in [0.2, 0.25) is 7.41 Å². The normalized spacial score (nSPS) is 15.8. The molecule has 0 atom stereocenters. The lowest BCUT2D eigenvalue weighted by Crippen LogP contribution is -2.03. The van der Waals surface area contributed by atoms with Gasteiger partial charge in [0.25, 0.3) is 0 Å². The van der Waals surface area contributed by atoms with Crippen LogP contribution < -0.4 is 0 Å². The fourth-order valence-corrected chi connectivity index (χ4v) is 1.64. The van der Waals surface area contributed by atoms with E-state index in [9.17, 15) is 4.79 Å². The Kier molecular flexibility index (Phi) is 1.91. The first-order chi connectivity index (χ1) is 6.22. The van der Waals surface area contributed by atoms with E-state index in [4.69, 9.17) is 5.11 Å². The molecule has 0 spiro atoms. The van der Waals surface area contributed by atoms with Crippen LogP contribution in [0.15, 0.2) is 12.3 Å². The molecule has 1 aliphatic rings. The summed E-state index contributed by atoms with van der Waals surface area (Å²) in [6.07, 6.45) is 4.15. The molecule has 1 fully saturated rings. The average Bonchev–Trinajstić information content (AvgIpc) is 2.84. The molecule has 0 amide bonds. The number of aromatic carboxylic acids is 1. The van der Waals surface area contributed by atoms with E-state index in [1.54, 1.807) is 6.20 Å². The van der Waals surface area contributed by atoms with E-state index < -0.39 is 5.97 Å². The number of hydrogen-bond donors (Lipinski definition) is 1. The molecule has 0 bridgehead atoms. The molecule has 0 aliphatic heterocycles. The van der Waals surface area contributed by atoms with Crippen molar-refractivity contribution in [2.75, 3.05) is 0 Å². The van der Waals surface area contributed by atoms with Crippen molar-refractivity contribution in [3.8, 4) is 0 Å². The summed E-state index contributed by atoms with van der Waals surface area (Å²) in [4.78, 5) is 10.7. The smallest absolute Gasteiger partial charge is 0.337 e. The van der Waals surface area contributed by atoms with E-state index >= 15 is 0 Å². The van der Waals surface area contributed by atoms with Crippen LogP contribution in [0.2, 0.25) is 6.82 Å². The van der Waals surface area contributed by atoms with E-state index in [1.165, 1.54) is 18.5 Å². The van der Waals surface area contributed by atoms with Crippen LogP contribution in [0.25, 0.3) is 0 Å². The van der Waals surface area contributed by atoms with Crippen molar-refractivity contribution in [3.63, 3.8) is 0 Å². The fourth-order valence-electron chi connectivity index (χ4n) is 1.64. The molecule has 0 radical (unpaired) electrons. The quantitative estimate of drug-likeness (QED) is 0.707. The van der Waals surface area contributed by atoms with Gasteiger partial charge in [-0.05, 0) is 24.8 Å². The summed E-state index contributed by atoms with van der Waals surface area (Å²) in [5.41, 5.74) is 1.61. The molecule has 1 N–H and O–H groups in total. The molecule has 1 aromatic heterocycles. The molecule has 0 saturated heterocycles. The Morgan fingerprint density at radius 2 is 2.38 bits per heavy atom. The van der Waals surface area contributed by atoms with Gasteiger partial charge in [0.15, 0.2) is 0 Å². The van der Waals surface area contributed by atoms with Gasteiger partial charge in [-0.1, -0.05) is 6.82 Å². The van der Waals surface area contributed by atoms with Crippen molar-refractivity contribution in [2.24, 2.45) is 0 Å². The predicted octanol–water partition coefficient (Wildman–Crippen LogP) is 1.31. The average molecular weight is 177 g/mol. The van der Waals surface area contributed by atoms with Crippen LogP contribution >= 0.6 is 0 Å². The second kappa shape index (κ2) is 2.94. The zero-order chi connectivity index (χ0) is 9.42. The van der Waals surface area contributed by atoms with Crippen molar-refractivity contribution in [1.29, 1.82) is 0 Å². The number of rotatable bonds is 3. The lowest BCUT2D eigenvalue weighted by atomic mass is 9.99. The molecule has 2 rings (SSSR count). The zero-order valence-corrected chi connectivity index (χ0v) is 7.66. The summed E-state index contributed by atoms with van der Waals surface area (Å²) in [6.45, 7) is 2.04. The van der Waals surface area contributed by atoms with Crippen molar-refractivity contribution in [1.82, 2.24) is 4.48 Å². The van der Waals surface area contributed by atoms with Gasteiger partial charge in [0.05, 0.1) is 5.56 Å². The van der Waals surface area contributed by atoms with Crippen molar-refractivity contribution < 1.29 is 9.90 Å². The monoisotopic (exact) mass is 177 g/mol. The molecule has 4 heteroatoms. The molecule has 1 heterocycles. The number of aromatic nitrogens is 1. The number of nitrogens with zero attached hydrogens (tertiary/aromatic N) is 1. The van der Waals surface area contributed by atoms with Gasteiger partial charge < -0.3 is 9.58 Å². The van der Waals surface area contributed by atoms with Gasteiger partial charge >= 0.3 is 5.97 Å². The Morgan fingerprint density at radius 1 is 1.69 bits per heavy atom. The molecule has 68 valence electrons. The minimum atomic E-state index is -0.825. The third-order valence-electron chi connectivity index (χ3n) is 2.51. The Morgan fingerprint density at radius 3 is 2.85 bits per heavy atom. The first kappa shape index (κ1) is 8.41. The van der Waals surface area contributed by atoms with E-state index in [2.05, 4.69) is 0 Å². The largest absolute Gasteiger partial charge is 0.478 e. The predicted molar refractivity (Wildman–Crippen MR) is 51.8 cm³/mol. The molecule has 0 aromatic carbocycles. The minimum Gasteiger partial charge on any atom is -0.478 e. The van der Waals surface area contributed by atoms with Crippen LogP contribution in [0.4, 0.5) is 0 Å². The first-order valence-corrected chi connectivity index (χ1v) is 4.65. The highest BCUT2D eigenvalue weighted by Gasteiger charge is 2.27. The van der Waals surface area contributed by atoms with Crippen molar-refractivity contribution in [2.45, 2.75) is 25.6 Å². The lowest BCUT2D eigenvalue weighted by Gasteiger charge is -2.01. The third-order valence-corrected chi connectivity index (χ3v) is 2.51. The maximum Gasteiger partial charge on any atom is 0.337 e.